The Hall–Kier alpha value is -1.39. The summed E-state index contributed by atoms with van der Waals surface area (Å²) in [5.41, 5.74) is 2.92. The molecule has 0 spiro atoms. The van der Waals surface area contributed by atoms with Gasteiger partial charge in [-0.15, -0.1) is 0 Å². The van der Waals surface area contributed by atoms with Crippen LogP contribution < -0.4 is 0 Å². The van der Waals surface area contributed by atoms with Gasteiger partial charge in [0.15, 0.2) is 0 Å². The molecule has 0 radical (unpaired) electrons. The molecule has 1 fully saturated rings. The van der Waals surface area contributed by atoms with Crippen molar-refractivity contribution in [2.75, 3.05) is 32.7 Å². The largest absolute Gasteiger partial charge is 0.478 e. The molecular weight excluding hydrogens is 264 g/mol. The number of fused-ring (bicyclic) bond motifs is 1. The number of aromatic carboxylic acids is 1. The van der Waals surface area contributed by atoms with Crippen LogP contribution in [0.2, 0.25) is 0 Å². The Bertz CT molecular complexity index is 510. The third-order valence-corrected chi connectivity index (χ3v) is 4.69. The van der Waals surface area contributed by atoms with Crippen LogP contribution in [-0.4, -0.2) is 53.6 Å². The highest BCUT2D eigenvalue weighted by Gasteiger charge is 2.18. The summed E-state index contributed by atoms with van der Waals surface area (Å²) in [5, 5.41) is 9.10. The quantitative estimate of drug-likeness (QED) is 0.902. The van der Waals surface area contributed by atoms with E-state index in [2.05, 4.69) is 9.80 Å². The van der Waals surface area contributed by atoms with Gasteiger partial charge in [0.2, 0.25) is 0 Å². The zero-order valence-electron chi connectivity index (χ0n) is 12.6. The summed E-state index contributed by atoms with van der Waals surface area (Å²) in [6, 6.07) is 5.56. The van der Waals surface area contributed by atoms with Gasteiger partial charge in [0, 0.05) is 13.1 Å². The molecule has 0 unspecified atom stereocenters. The zero-order valence-corrected chi connectivity index (χ0v) is 12.6. The van der Waals surface area contributed by atoms with Crippen molar-refractivity contribution in [1.29, 1.82) is 0 Å². The SMILES string of the molecule is O=C(O)c1ccc2c(c1)CN(CCCN1CCCC1)CC2. The summed E-state index contributed by atoms with van der Waals surface area (Å²) >= 11 is 0. The van der Waals surface area contributed by atoms with Crippen molar-refractivity contribution < 1.29 is 9.90 Å². The number of carboxylic acids is 1. The smallest absolute Gasteiger partial charge is 0.335 e. The summed E-state index contributed by atoms with van der Waals surface area (Å²) in [6.07, 6.45) is 4.97. The van der Waals surface area contributed by atoms with Gasteiger partial charge in [0.25, 0.3) is 0 Å². The van der Waals surface area contributed by atoms with Crippen LogP contribution in [0.15, 0.2) is 18.2 Å². The highest BCUT2D eigenvalue weighted by atomic mass is 16.4. The van der Waals surface area contributed by atoms with Gasteiger partial charge < -0.3 is 10.0 Å². The Morgan fingerprint density at radius 1 is 1.05 bits per heavy atom. The molecule has 4 heteroatoms. The second kappa shape index (κ2) is 6.58. The van der Waals surface area contributed by atoms with Crippen molar-refractivity contribution in [1.82, 2.24) is 9.80 Å². The van der Waals surface area contributed by atoms with Crippen molar-refractivity contribution in [2.45, 2.75) is 32.2 Å². The molecule has 0 saturated carbocycles. The Kier molecular flexibility index (Phi) is 4.56. The van der Waals surface area contributed by atoms with Gasteiger partial charge in [-0.1, -0.05) is 6.07 Å². The molecule has 0 aromatic heterocycles. The minimum atomic E-state index is -0.830. The number of benzene rings is 1. The van der Waals surface area contributed by atoms with Gasteiger partial charge in [-0.25, -0.2) is 4.79 Å². The van der Waals surface area contributed by atoms with Gasteiger partial charge >= 0.3 is 5.97 Å². The maximum atomic E-state index is 11.1. The molecule has 1 N–H and O–H groups in total. The number of nitrogens with zero attached hydrogens (tertiary/aromatic N) is 2. The molecule has 1 aromatic rings. The molecule has 0 aliphatic carbocycles. The van der Waals surface area contributed by atoms with Gasteiger partial charge in [-0.3, -0.25) is 4.90 Å². The van der Waals surface area contributed by atoms with E-state index in [1.165, 1.54) is 50.0 Å². The third kappa shape index (κ3) is 3.63. The van der Waals surface area contributed by atoms with Crippen molar-refractivity contribution in [3.8, 4) is 0 Å². The fraction of sp³-hybridized carbons (Fsp3) is 0.588. The van der Waals surface area contributed by atoms with E-state index >= 15 is 0 Å². The maximum absolute atomic E-state index is 11.1. The van der Waals surface area contributed by atoms with Crippen molar-refractivity contribution in [2.24, 2.45) is 0 Å². The molecule has 0 amide bonds. The first kappa shape index (κ1) is 14.5. The van der Waals surface area contributed by atoms with E-state index in [9.17, 15) is 4.79 Å². The normalized spacial score (nSPS) is 19.6. The first-order valence-corrected chi connectivity index (χ1v) is 8.02. The molecule has 0 atom stereocenters. The lowest BCUT2D eigenvalue weighted by Crippen LogP contribution is -2.33. The summed E-state index contributed by atoms with van der Waals surface area (Å²) in [6.45, 7) is 6.86. The minimum absolute atomic E-state index is 0.410. The van der Waals surface area contributed by atoms with Gasteiger partial charge in [0.05, 0.1) is 5.56 Å². The van der Waals surface area contributed by atoms with Crippen LogP contribution in [0.3, 0.4) is 0 Å². The molecule has 2 aliphatic rings. The third-order valence-electron chi connectivity index (χ3n) is 4.69. The van der Waals surface area contributed by atoms with Crippen LogP contribution in [0.4, 0.5) is 0 Å². The van der Waals surface area contributed by atoms with Crippen molar-refractivity contribution >= 4 is 5.97 Å². The Balaban J connectivity index is 1.53. The number of likely N-dealkylation sites (tertiary alicyclic amines) is 1. The first-order chi connectivity index (χ1) is 10.2. The zero-order chi connectivity index (χ0) is 14.7. The molecule has 1 aromatic carbocycles. The number of rotatable bonds is 5. The molecule has 4 nitrogen and oxygen atoms in total. The molecule has 3 rings (SSSR count). The lowest BCUT2D eigenvalue weighted by molar-refractivity contribution is 0.0696. The molecule has 0 bridgehead atoms. The second-order valence-electron chi connectivity index (χ2n) is 6.22. The van der Waals surface area contributed by atoms with Crippen LogP contribution in [0, 0.1) is 0 Å². The van der Waals surface area contributed by atoms with E-state index in [-0.39, 0.29) is 0 Å². The van der Waals surface area contributed by atoms with E-state index in [0.29, 0.717) is 5.56 Å². The van der Waals surface area contributed by atoms with Gasteiger partial charge in [-0.2, -0.15) is 0 Å². The average Bonchev–Trinajstić information content (AvgIpc) is 2.99. The number of carbonyl (C=O) groups is 1. The summed E-state index contributed by atoms with van der Waals surface area (Å²) in [7, 11) is 0. The molecular formula is C17H24N2O2. The molecule has 1 saturated heterocycles. The van der Waals surface area contributed by atoms with E-state index in [0.717, 1.165) is 26.1 Å². The Morgan fingerprint density at radius 2 is 1.81 bits per heavy atom. The predicted molar refractivity (Wildman–Crippen MR) is 82.7 cm³/mol. The summed E-state index contributed by atoms with van der Waals surface area (Å²) in [4.78, 5) is 16.1. The molecule has 114 valence electrons. The van der Waals surface area contributed by atoms with E-state index in [1.54, 1.807) is 6.07 Å². The monoisotopic (exact) mass is 288 g/mol. The highest BCUT2D eigenvalue weighted by molar-refractivity contribution is 5.87. The van der Waals surface area contributed by atoms with Crippen LogP contribution in [-0.2, 0) is 13.0 Å². The first-order valence-electron chi connectivity index (χ1n) is 8.02. The minimum Gasteiger partial charge on any atom is -0.478 e. The van der Waals surface area contributed by atoms with E-state index in [1.807, 2.05) is 12.1 Å². The number of hydrogen-bond donors (Lipinski definition) is 1. The Morgan fingerprint density at radius 3 is 2.57 bits per heavy atom. The lowest BCUT2D eigenvalue weighted by Gasteiger charge is -2.29. The van der Waals surface area contributed by atoms with Crippen LogP contribution >= 0.6 is 0 Å². The van der Waals surface area contributed by atoms with Crippen LogP contribution in [0.5, 0.6) is 0 Å². The lowest BCUT2D eigenvalue weighted by atomic mass is 9.97. The maximum Gasteiger partial charge on any atom is 0.335 e. The molecule has 2 aliphatic heterocycles. The van der Waals surface area contributed by atoms with Crippen molar-refractivity contribution in [3.63, 3.8) is 0 Å². The van der Waals surface area contributed by atoms with E-state index < -0.39 is 5.97 Å². The fourth-order valence-electron chi connectivity index (χ4n) is 3.46. The Labute approximate surface area is 126 Å². The van der Waals surface area contributed by atoms with Crippen LogP contribution in [0.1, 0.15) is 40.7 Å². The molecule has 21 heavy (non-hydrogen) atoms. The van der Waals surface area contributed by atoms with Crippen LogP contribution in [0.25, 0.3) is 0 Å². The van der Waals surface area contributed by atoms with Gasteiger partial charge in [-0.05, 0) is 75.1 Å². The van der Waals surface area contributed by atoms with Crippen molar-refractivity contribution in [3.05, 3.63) is 34.9 Å². The number of hydrogen-bond acceptors (Lipinski definition) is 3. The van der Waals surface area contributed by atoms with E-state index in [4.69, 9.17) is 5.11 Å². The average molecular weight is 288 g/mol. The second-order valence-corrected chi connectivity index (χ2v) is 6.22. The van der Waals surface area contributed by atoms with Gasteiger partial charge in [0.1, 0.15) is 0 Å². The fourth-order valence-corrected chi connectivity index (χ4v) is 3.46. The number of carboxylic acid groups (broad SMARTS) is 1. The summed E-state index contributed by atoms with van der Waals surface area (Å²) in [5.74, 6) is -0.830. The standard InChI is InChI=1S/C17H24N2O2/c20-17(21)15-5-4-14-6-11-19(13-16(14)12-15)10-3-9-18-7-1-2-8-18/h4-5,12H,1-3,6-11,13H2,(H,20,21). The molecule has 2 heterocycles. The predicted octanol–water partition coefficient (Wildman–Crippen LogP) is 2.23. The highest BCUT2D eigenvalue weighted by Crippen LogP contribution is 2.21. The summed E-state index contributed by atoms with van der Waals surface area (Å²) < 4.78 is 0. The topological polar surface area (TPSA) is 43.8 Å².